The van der Waals surface area contributed by atoms with Crippen molar-refractivity contribution in [2.24, 2.45) is 5.92 Å². The molecule has 4 rings (SSSR count). The number of fused-ring (bicyclic) bond motifs is 3. The maximum absolute atomic E-state index is 11.8. The molecule has 1 amide bonds. The van der Waals surface area contributed by atoms with Crippen molar-refractivity contribution in [3.8, 4) is 0 Å². The van der Waals surface area contributed by atoms with Gasteiger partial charge in [-0.2, -0.15) is 0 Å². The van der Waals surface area contributed by atoms with Gasteiger partial charge in [0.2, 0.25) is 5.91 Å². The highest BCUT2D eigenvalue weighted by Gasteiger charge is 2.31. The third kappa shape index (κ3) is 2.31. The van der Waals surface area contributed by atoms with Gasteiger partial charge in [-0.05, 0) is 37.5 Å². The summed E-state index contributed by atoms with van der Waals surface area (Å²) in [6.45, 7) is 3.86. The summed E-state index contributed by atoms with van der Waals surface area (Å²) in [5.74, 6) is 1.38. The highest BCUT2D eigenvalue weighted by atomic mass is 16.5. The van der Waals surface area contributed by atoms with E-state index in [-0.39, 0.29) is 17.9 Å². The second-order valence-electron chi connectivity index (χ2n) is 6.08. The molecule has 21 heavy (non-hydrogen) atoms. The average molecular weight is 285 g/mol. The second kappa shape index (κ2) is 4.84. The Morgan fingerprint density at radius 3 is 3.14 bits per heavy atom. The summed E-state index contributed by atoms with van der Waals surface area (Å²) in [5, 5.41) is 3.06. The minimum Gasteiger partial charge on any atom is -0.371 e. The van der Waals surface area contributed by atoms with Crippen LogP contribution in [0.3, 0.4) is 0 Å². The third-order valence-corrected chi connectivity index (χ3v) is 4.28. The summed E-state index contributed by atoms with van der Waals surface area (Å²) < 4.78 is 7.88. The van der Waals surface area contributed by atoms with Crippen molar-refractivity contribution in [1.29, 1.82) is 0 Å². The number of benzene rings is 1. The molecule has 2 heterocycles. The monoisotopic (exact) mass is 285 g/mol. The largest absolute Gasteiger partial charge is 0.371 e. The lowest BCUT2D eigenvalue weighted by molar-refractivity contribution is -0.122. The summed E-state index contributed by atoms with van der Waals surface area (Å²) >= 11 is 0. The zero-order chi connectivity index (χ0) is 14.4. The van der Waals surface area contributed by atoms with Crippen LogP contribution in [0, 0.1) is 12.8 Å². The number of carbonyl (C=O) groups is 1. The van der Waals surface area contributed by atoms with Gasteiger partial charge >= 0.3 is 0 Å². The van der Waals surface area contributed by atoms with Crippen molar-refractivity contribution in [2.45, 2.75) is 32.4 Å². The van der Waals surface area contributed by atoms with E-state index < -0.39 is 0 Å². The summed E-state index contributed by atoms with van der Waals surface area (Å²) in [4.78, 5) is 16.5. The van der Waals surface area contributed by atoms with E-state index in [9.17, 15) is 4.79 Å². The number of imidazole rings is 1. The molecule has 1 saturated carbocycles. The fourth-order valence-electron chi connectivity index (χ4n) is 2.98. The molecule has 0 radical (unpaired) electrons. The molecule has 110 valence electrons. The average Bonchev–Trinajstić information content (AvgIpc) is 3.26. The lowest BCUT2D eigenvalue weighted by Gasteiger charge is -2.26. The van der Waals surface area contributed by atoms with Crippen LogP contribution in [0.1, 0.15) is 30.3 Å². The molecule has 1 unspecified atom stereocenters. The molecule has 1 aliphatic heterocycles. The molecular weight excluding hydrogens is 266 g/mol. The summed E-state index contributed by atoms with van der Waals surface area (Å²) in [6, 6.07) is 6.41. The van der Waals surface area contributed by atoms with Gasteiger partial charge in [0.1, 0.15) is 12.4 Å². The number of aromatic nitrogens is 2. The Kier molecular flexibility index (Phi) is 2.96. The van der Waals surface area contributed by atoms with Crippen molar-refractivity contribution in [1.82, 2.24) is 14.9 Å². The molecule has 2 aliphatic rings. The lowest BCUT2D eigenvalue weighted by atomic mass is 10.2. The third-order valence-electron chi connectivity index (χ3n) is 4.28. The van der Waals surface area contributed by atoms with Crippen LogP contribution in [0.4, 0.5) is 0 Å². The number of amides is 1. The van der Waals surface area contributed by atoms with E-state index >= 15 is 0 Å². The number of nitrogens with one attached hydrogen (secondary N) is 1. The molecule has 1 N–H and O–H groups in total. The molecule has 5 heteroatoms. The van der Waals surface area contributed by atoms with E-state index in [0.717, 1.165) is 29.7 Å². The maximum atomic E-state index is 11.8. The van der Waals surface area contributed by atoms with E-state index in [0.29, 0.717) is 19.8 Å². The predicted octanol–water partition coefficient (Wildman–Crippen LogP) is 1.94. The quantitative estimate of drug-likeness (QED) is 0.937. The standard InChI is InChI=1S/C16H19N3O2/c1-10-2-5-13-14(6-10)19-12(8-21-9-15(19)18-13)7-17-16(20)11-3-4-11/h2,5-6,11-12H,3-4,7-9H2,1H3,(H,17,20). The first-order valence-electron chi connectivity index (χ1n) is 7.55. The number of ether oxygens (including phenoxy) is 1. The normalized spacial score (nSPS) is 21.3. The second-order valence-corrected chi connectivity index (χ2v) is 6.08. The van der Waals surface area contributed by atoms with Crippen LogP contribution in [-0.2, 0) is 16.1 Å². The number of rotatable bonds is 3. The molecule has 0 bridgehead atoms. The number of nitrogens with zero attached hydrogens (tertiary/aromatic N) is 2. The van der Waals surface area contributed by atoms with E-state index in [2.05, 4.69) is 40.0 Å². The first-order valence-corrected chi connectivity index (χ1v) is 7.55. The number of hydrogen-bond donors (Lipinski definition) is 1. The zero-order valence-electron chi connectivity index (χ0n) is 12.1. The van der Waals surface area contributed by atoms with Crippen LogP contribution < -0.4 is 5.32 Å². The summed E-state index contributed by atoms with van der Waals surface area (Å²) in [7, 11) is 0. The fraction of sp³-hybridized carbons (Fsp3) is 0.500. The molecule has 5 nitrogen and oxygen atoms in total. The fourth-order valence-corrected chi connectivity index (χ4v) is 2.98. The molecular formula is C16H19N3O2. The van der Waals surface area contributed by atoms with E-state index in [1.54, 1.807) is 0 Å². The van der Waals surface area contributed by atoms with Gasteiger partial charge in [0.05, 0.1) is 23.7 Å². The molecule has 2 aromatic rings. The van der Waals surface area contributed by atoms with Crippen molar-refractivity contribution < 1.29 is 9.53 Å². The van der Waals surface area contributed by atoms with Crippen molar-refractivity contribution >= 4 is 16.9 Å². The van der Waals surface area contributed by atoms with E-state index in [1.807, 2.05) is 0 Å². The molecule has 0 spiro atoms. The van der Waals surface area contributed by atoms with Crippen LogP contribution in [0.2, 0.25) is 0 Å². The topological polar surface area (TPSA) is 56.2 Å². The Bertz CT molecular complexity index is 703. The van der Waals surface area contributed by atoms with E-state index in [4.69, 9.17) is 4.74 Å². The van der Waals surface area contributed by atoms with Gasteiger partial charge in [0, 0.05) is 12.5 Å². The van der Waals surface area contributed by atoms with Crippen LogP contribution >= 0.6 is 0 Å². The molecule has 1 aromatic carbocycles. The number of aryl methyl sites for hydroxylation is 1. The van der Waals surface area contributed by atoms with Gasteiger partial charge in [-0.15, -0.1) is 0 Å². The molecule has 0 saturated heterocycles. The lowest BCUT2D eigenvalue weighted by Crippen LogP contribution is -2.36. The SMILES string of the molecule is Cc1ccc2nc3n(c2c1)C(CNC(=O)C1CC1)COC3. The number of carbonyl (C=O) groups excluding carboxylic acids is 1. The Morgan fingerprint density at radius 1 is 1.48 bits per heavy atom. The smallest absolute Gasteiger partial charge is 0.223 e. The van der Waals surface area contributed by atoms with Gasteiger partial charge in [0.15, 0.2) is 0 Å². The molecule has 1 atom stereocenters. The first-order chi connectivity index (χ1) is 10.2. The first kappa shape index (κ1) is 12.8. The van der Waals surface area contributed by atoms with Crippen molar-refractivity contribution in [2.75, 3.05) is 13.2 Å². The van der Waals surface area contributed by atoms with Gasteiger partial charge in [-0.25, -0.2) is 4.98 Å². The van der Waals surface area contributed by atoms with Crippen LogP contribution in [-0.4, -0.2) is 28.6 Å². The Morgan fingerprint density at radius 2 is 2.33 bits per heavy atom. The van der Waals surface area contributed by atoms with Crippen LogP contribution in [0.25, 0.3) is 11.0 Å². The highest BCUT2D eigenvalue weighted by molar-refractivity contribution is 5.81. The minimum atomic E-state index is 0.128. The summed E-state index contributed by atoms with van der Waals surface area (Å²) in [5.41, 5.74) is 3.36. The van der Waals surface area contributed by atoms with Gasteiger partial charge < -0.3 is 14.6 Å². The zero-order valence-corrected chi connectivity index (χ0v) is 12.1. The van der Waals surface area contributed by atoms with E-state index in [1.165, 1.54) is 5.56 Å². The molecule has 1 aromatic heterocycles. The number of hydrogen-bond acceptors (Lipinski definition) is 3. The maximum Gasteiger partial charge on any atom is 0.223 e. The van der Waals surface area contributed by atoms with Gasteiger partial charge in [0.25, 0.3) is 0 Å². The van der Waals surface area contributed by atoms with Gasteiger partial charge in [-0.1, -0.05) is 6.07 Å². The van der Waals surface area contributed by atoms with Crippen molar-refractivity contribution in [3.63, 3.8) is 0 Å². The van der Waals surface area contributed by atoms with Crippen LogP contribution in [0.15, 0.2) is 18.2 Å². The van der Waals surface area contributed by atoms with Crippen molar-refractivity contribution in [3.05, 3.63) is 29.6 Å². The molecule has 1 aliphatic carbocycles. The Balaban J connectivity index is 1.64. The summed E-state index contributed by atoms with van der Waals surface area (Å²) in [6.07, 6.45) is 2.07. The molecule has 1 fully saturated rings. The minimum absolute atomic E-state index is 0.128. The van der Waals surface area contributed by atoms with Gasteiger partial charge in [-0.3, -0.25) is 4.79 Å². The highest BCUT2D eigenvalue weighted by Crippen LogP contribution is 2.30. The Hall–Kier alpha value is -1.88. The Labute approximate surface area is 123 Å². The van der Waals surface area contributed by atoms with Crippen LogP contribution in [0.5, 0.6) is 0 Å². The predicted molar refractivity (Wildman–Crippen MR) is 78.9 cm³/mol.